The minimum Gasteiger partial charge on any atom is -0.461 e. The van der Waals surface area contributed by atoms with E-state index in [4.69, 9.17) is 9.72 Å². The normalized spacial score (nSPS) is 14.2. The number of aromatic nitrogens is 4. The summed E-state index contributed by atoms with van der Waals surface area (Å²) in [6.45, 7) is 2.37. The highest BCUT2D eigenvalue weighted by molar-refractivity contribution is 7.21. The molecule has 1 aliphatic rings. The maximum absolute atomic E-state index is 15.1. The summed E-state index contributed by atoms with van der Waals surface area (Å²) in [5.41, 5.74) is 4.50. The molecule has 0 amide bonds. The van der Waals surface area contributed by atoms with Crippen molar-refractivity contribution in [2.45, 2.75) is 31.7 Å². The van der Waals surface area contributed by atoms with Crippen molar-refractivity contribution in [2.75, 3.05) is 6.61 Å². The first-order valence-corrected chi connectivity index (χ1v) is 12.7. The second-order valence-electron chi connectivity index (χ2n) is 8.92. The molecule has 0 radical (unpaired) electrons. The van der Waals surface area contributed by atoms with Gasteiger partial charge in [-0.05, 0) is 61.2 Å². The van der Waals surface area contributed by atoms with E-state index in [-0.39, 0.29) is 23.5 Å². The van der Waals surface area contributed by atoms with Crippen LogP contribution in [0.3, 0.4) is 0 Å². The number of ether oxygens (including phenoxy) is 1. The van der Waals surface area contributed by atoms with Crippen LogP contribution in [0.5, 0.6) is 0 Å². The van der Waals surface area contributed by atoms with Gasteiger partial charge in [0.25, 0.3) is 0 Å². The molecule has 1 aliphatic carbocycles. The molecule has 6 nitrogen and oxygen atoms in total. The first-order chi connectivity index (χ1) is 17.6. The average molecular weight is 499 g/mol. The molecule has 8 heteroatoms. The molecule has 6 rings (SSSR count). The van der Waals surface area contributed by atoms with Crippen molar-refractivity contribution in [3.8, 4) is 10.6 Å². The SMILES string of the molecule is CCOC(=O)c1ccn(Cc2ccc(-c3nc4ccc(C5(c6ccccc6)CC5)nc4s3)c(F)c2)n1. The van der Waals surface area contributed by atoms with Gasteiger partial charge in [0.2, 0.25) is 0 Å². The fourth-order valence-electron chi connectivity index (χ4n) is 4.55. The molecule has 36 heavy (non-hydrogen) atoms. The van der Waals surface area contributed by atoms with Gasteiger partial charge in [-0.2, -0.15) is 5.10 Å². The predicted octanol–water partition coefficient (Wildman–Crippen LogP) is 6.00. The van der Waals surface area contributed by atoms with Crippen LogP contribution in [0.4, 0.5) is 4.39 Å². The number of rotatable bonds is 7. The number of benzene rings is 2. The van der Waals surface area contributed by atoms with Gasteiger partial charge in [0.1, 0.15) is 21.2 Å². The van der Waals surface area contributed by atoms with Gasteiger partial charge < -0.3 is 4.74 Å². The largest absolute Gasteiger partial charge is 0.461 e. The van der Waals surface area contributed by atoms with Crippen LogP contribution in [0, 0.1) is 5.82 Å². The van der Waals surface area contributed by atoms with Crippen molar-refractivity contribution in [2.24, 2.45) is 0 Å². The number of pyridine rings is 1. The molecule has 0 spiro atoms. The van der Waals surface area contributed by atoms with Gasteiger partial charge in [-0.25, -0.2) is 19.2 Å². The van der Waals surface area contributed by atoms with Crippen LogP contribution >= 0.6 is 11.3 Å². The molecule has 1 fully saturated rings. The lowest BCUT2D eigenvalue weighted by Gasteiger charge is -2.14. The van der Waals surface area contributed by atoms with Gasteiger partial charge >= 0.3 is 5.97 Å². The summed E-state index contributed by atoms with van der Waals surface area (Å²) in [5, 5.41) is 4.82. The molecule has 3 aromatic heterocycles. The molecule has 0 unspecified atom stereocenters. The Morgan fingerprint density at radius 2 is 1.92 bits per heavy atom. The summed E-state index contributed by atoms with van der Waals surface area (Å²) in [4.78, 5) is 22.2. The van der Waals surface area contributed by atoms with Gasteiger partial charge in [-0.3, -0.25) is 4.68 Å². The second-order valence-corrected chi connectivity index (χ2v) is 9.90. The van der Waals surface area contributed by atoms with E-state index in [1.165, 1.54) is 23.0 Å². The van der Waals surface area contributed by atoms with Gasteiger partial charge in [-0.1, -0.05) is 47.7 Å². The molecule has 180 valence electrons. The minimum absolute atomic E-state index is 0.0217. The monoisotopic (exact) mass is 498 g/mol. The number of fused-ring (bicyclic) bond motifs is 1. The van der Waals surface area contributed by atoms with Crippen molar-refractivity contribution in [3.05, 3.63) is 101 Å². The minimum atomic E-state index is -0.471. The summed E-state index contributed by atoms with van der Waals surface area (Å²) < 4.78 is 21.7. The van der Waals surface area contributed by atoms with E-state index in [1.807, 2.05) is 18.2 Å². The Morgan fingerprint density at radius 3 is 2.67 bits per heavy atom. The van der Waals surface area contributed by atoms with Crippen LogP contribution in [0.1, 0.15) is 47.1 Å². The van der Waals surface area contributed by atoms with Crippen LogP contribution < -0.4 is 0 Å². The number of hydrogen-bond acceptors (Lipinski definition) is 6. The molecule has 0 saturated heterocycles. The zero-order chi connectivity index (χ0) is 24.7. The average Bonchev–Trinajstić information content (AvgIpc) is 3.38. The number of halogens is 1. The molecule has 5 aromatic rings. The Bertz CT molecular complexity index is 1570. The van der Waals surface area contributed by atoms with Gasteiger partial charge in [-0.15, -0.1) is 0 Å². The Morgan fingerprint density at radius 1 is 1.08 bits per heavy atom. The Labute approximate surface area is 211 Å². The highest BCUT2D eigenvalue weighted by Gasteiger charge is 2.47. The second kappa shape index (κ2) is 8.95. The van der Waals surface area contributed by atoms with Crippen LogP contribution in [0.2, 0.25) is 0 Å². The number of thiazole rings is 1. The molecule has 3 heterocycles. The standard InChI is InChI=1S/C28H23FN4O2S/c1-2-35-27(34)23-12-15-33(32-23)17-18-8-9-20(21(29)16-18)25-30-22-10-11-24(31-26(22)36-25)28(13-14-28)19-6-4-3-5-7-19/h3-12,15-16H,2,13-14,17H2,1H3. The highest BCUT2D eigenvalue weighted by atomic mass is 32.1. The third-order valence-electron chi connectivity index (χ3n) is 6.56. The number of esters is 1. The fourth-order valence-corrected chi connectivity index (χ4v) is 5.52. The van der Waals surface area contributed by atoms with Crippen molar-refractivity contribution >= 4 is 27.7 Å². The smallest absolute Gasteiger partial charge is 0.358 e. The molecule has 0 aliphatic heterocycles. The van der Waals surface area contributed by atoms with E-state index in [2.05, 4.69) is 40.4 Å². The van der Waals surface area contributed by atoms with Gasteiger partial charge in [0.15, 0.2) is 5.69 Å². The van der Waals surface area contributed by atoms with E-state index < -0.39 is 5.97 Å². The van der Waals surface area contributed by atoms with Gasteiger partial charge in [0.05, 0.1) is 18.8 Å². The number of carbonyl (C=O) groups is 1. The first-order valence-electron chi connectivity index (χ1n) is 11.9. The number of hydrogen-bond donors (Lipinski definition) is 0. The number of carbonyl (C=O) groups excluding carboxylic acids is 1. The molecule has 0 bridgehead atoms. The lowest BCUT2D eigenvalue weighted by atomic mass is 9.92. The van der Waals surface area contributed by atoms with Crippen LogP contribution in [-0.4, -0.2) is 32.3 Å². The zero-order valence-electron chi connectivity index (χ0n) is 19.6. The maximum Gasteiger partial charge on any atom is 0.358 e. The quantitative estimate of drug-likeness (QED) is 0.258. The third-order valence-corrected chi connectivity index (χ3v) is 7.55. The summed E-state index contributed by atoms with van der Waals surface area (Å²) in [7, 11) is 0. The number of nitrogens with zero attached hydrogens (tertiary/aromatic N) is 4. The van der Waals surface area contributed by atoms with E-state index in [9.17, 15) is 4.79 Å². The van der Waals surface area contributed by atoms with Crippen LogP contribution in [0.15, 0.2) is 72.9 Å². The molecular weight excluding hydrogens is 475 g/mol. The summed E-state index contributed by atoms with van der Waals surface area (Å²) in [6, 6.07) is 21.2. The van der Waals surface area contributed by atoms with Gasteiger partial charge in [0, 0.05) is 17.2 Å². The van der Waals surface area contributed by atoms with E-state index in [0.29, 0.717) is 17.1 Å². The van der Waals surface area contributed by atoms with E-state index >= 15 is 4.39 Å². The Balaban J connectivity index is 1.25. The van der Waals surface area contributed by atoms with Crippen LogP contribution in [0.25, 0.3) is 20.9 Å². The molecule has 1 saturated carbocycles. The zero-order valence-corrected chi connectivity index (χ0v) is 20.5. The highest BCUT2D eigenvalue weighted by Crippen LogP contribution is 2.53. The summed E-state index contributed by atoms with van der Waals surface area (Å²) in [5.74, 6) is -0.825. The predicted molar refractivity (Wildman–Crippen MR) is 137 cm³/mol. The molecular formula is C28H23FN4O2S. The fraction of sp³-hybridized carbons (Fsp3) is 0.214. The van der Waals surface area contributed by atoms with Crippen molar-refractivity contribution in [1.82, 2.24) is 19.7 Å². The van der Waals surface area contributed by atoms with E-state index in [1.54, 1.807) is 29.9 Å². The van der Waals surface area contributed by atoms with Crippen LogP contribution in [-0.2, 0) is 16.7 Å². The summed E-state index contributed by atoms with van der Waals surface area (Å²) in [6.07, 6.45) is 3.83. The van der Waals surface area contributed by atoms with Crippen molar-refractivity contribution in [1.29, 1.82) is 0 Å². The Hall–Kier alpha value is -3.91. The molecule has 0 N–H and O–H groups in total. The van der Waals surface area contributed by atoms with Crippen molar-refractivity contribution in [3.63, 3.8) is 0 Å². The third kappa shape index (κ3) is 4.07. The first kappa shape index (κ1) is 22.5. The maximum atomic E-state index is 15.1. The topological polar surface area (TPSA) is 69.9 Å². The Kier molecular flexibility index (Phi) is 5.60. The van der Waals surface area contributed by atoms with Crippen molar-refractivity contribution < 1.29 is 13.9 Å². The lowest BCUT2D eigenvalue weighted by molar-refractivity contribution is 0.0518. The molecule has 2 aromatic carbocycles. The van der Waals surface area contributed by atoms with E-state index in [0.717, 1.165) is 34.4 Å². The summed E-state index contributed by atoms with van der Waals surface area (Å²) >= 11 is 1.41. The molecule has 0 atom stereocenters. The lowest BCUT2D eigenvalue weighted by Crippen LogP contribution is -2.10.